The molecule has 1 rings (SSSR count). The number of methoxy groups -OCH3 is 1. The van der Waals surface area contributed by atoms with E-state index in [1.165, 1.54) is 7.11 Å². The van der Waals surface area contributed by atoms with Crippen LogP contribution in [0.1, 0.15) is 6.42 Å². The Balaban J connectivity index is 2.69. The Morgan fingerprint density at radius 1 is 1.27 bits per heavy atom. The second-order valence-corrected chi connectivity index (χ2v) is 3.35. The summed E-state index contributed by atoms with van der Waals surface area (Å²) in [6.07, 6.45) is -7.01. The Bertz CT molecular complexity index is 229. The van der Waals surface area contributed by atoms with Gasteiger partial charge in [-0.2, -0.15) is 0 Å². The summed E-state index contributed by atoms with van der Waals surface area (Å²) in [5.41, 5.74) is 0. The number of aliphatic carboxylic acids is 1. The van der Waals surface area contributed by atoms with E-state index in [-0.39, 0.29) is 0 Å². The molecule has 0 bridgehead atoms. The van der Waals surface area contributed by atoms with Gasteiger partial charge in [-0.25, -0.2) is 0 Å². The van der Waals surface area contributed by atoms with Crippen molar-refractivity contribution in [3.8, 4) is 0 Å². The third-order valence-electron chi connectivity index (χ3n) is 2.28. The molecule has 7 nitrogen and oxygen atoms in total. The third kappa shape index (κ3) is 2.64. The maximum atomic E-state index is 10.4. The highest BCUT2D eigenvalue weighted by atomic mass is 16.7. The first-order valence-electron chi connectivity index (χ1n) is 4.41. The molecule has 1 aliphatic rings. The number of ether oxygens (including phenoxy) is 2. The largest absolute Gasteiger partial charge is 0.481 e. The number of hydrogen-bond acceptors (Lipinski definition) is 6. The summed E-state index contributed by atoms with van der Waals surface area (Å²) >= 11 is 0. The molecule has 7 heteroatoms. The molecule has 88 valence electrons. The average Bonchev–Trinajstić information content (AvgIpc) is 2.18. The van der Waals surface area contributed by atoms with Crippen molar-refractivity contribution in [2.24, 2.45) is 0 Å². The van der Waals surface area contributed by atoms with Crippen LogP contribution in [0.25, 0.3) is 0 Å². The average molecular weight is 222 g/mol. The molecule has 0 spiro atoms. The Morgan fingerprint density at radius 2 is 1.87 bits per heavy atom. The molecule has 1 saturated heterocycles. The van der Waals surface area contributed by atoms with Crippen molar-refractivity contribution in [2.75, 3.05) is 7.11 Å². The molecule has 0 unspecified atom stereocenters. The fourth-order valence-electron chi connectivity index (χ4n) is 1.45. The van der Waals surface area contributed by atoms with Crippen LogP contribution in [0.3, 0.4) is 0 Å². The van der Waals surface area contributed by atoms with Crippen LogP contribution in [0, 0.1) is 0 Å². The molecule has 1 fully saturated rings. The second kappa shape index (κ2) is 4.86. The summed E-state index contributed by atoms with van der Waals surface area (Å²) in [7, 11) is 1.25. The molecule has 0 saturated carbocycles. The maximum Gasteiger partial charge on any atom is 0.306 e. The van der Waals surface area contributed by atoms with Crippen molar-refractivity contribution >= 4 is 5.97 Å². The Labute approximate surface area is 85.9 Å². The van der Waals surface area contributed by atoms with E-state index in [2.05, 4.69) is 0 Å². The van der Waals surface area contributed by atoms with Crippen molar-refractivity contribution in [2.45, 2.75) is 37.1 Å². The summed E-state index contributed by atoms with van der Waals surface area (Å²) in [5, 5.41) is 36.7. The van der Waals surface area contributed by atoms with Gasteiger partial charge in [-0.1, -0.05) is 0 Å². The number of carbonyl (C=O) groups is 1. The van der Waals surface area contributed by atoms with Gasteiger partial charge in [0.15, 0.2) is 6.29 Å². The zero-order chi connectivity index (χ0) is 11.6. The van der Waals surface area contributed by atoms with E-state index in [9.17, 15) is 20.1 Å². The molecule has 0 amide bonds. The van der Waals surface area contributed by atoms with Gasteiger partial charge < -0.3 is 29.9 Å². The van der Waals surface area contributed by atoms with Crippen LogP contribution in [0.5, 0.6) is 0 Å². The SMILES string of the molecule is CO[C@H]1O[C@H](CC(=O)O)[C@@H](O)[C@H](O)[C@@H]1O. The highest BCUT2D eigenvalue weighted by molar-refractivity contribution is 5.67. The highest BCUT2D eigenvalue weighted by Crippen LogP contribution is 2.23. The Kier molecular flexibility index (Phi) is 4.00. The predicted molar refractivity (Wildman–Crippen MR) is 45.9 cm³/mol. The lowest BCUT2D eigenvalue weighted by Crippen LogP contribution is -2.58. The van der Waals surface area contributed by atoms with Gasteiger partial charge in [0.2, 0.25) is 0 Å². The minimum atomic E-state index is -1.48. The molecule has 1 heterocycles. The van der Waals surface area contributed by atoms with E-state index in [0.717, 1.165) is 0 Å². The van der Waals surface area contributed by atoms with Gasteiger partial charge in [-0.15, -0.1) is 0 Å². The lowest BCUT2D eigenvalue weighted by Gasteiger charge is -2.39. The van der Waals surface area contributed by atoms with Crippen LogP contribution in [0.15, 0.2) is 0 Å². The van der Waals surface area contributed by atoms with Crippen LogP contribution in [0.4, 0.5) is 0 Å². The van der Waals surface area contributed by atoms with Crippen LogP contribution < -0.4 is 0 Å². The van der Waals surface area contributed by atoms with E-state index >= 15 is 0 Å². The lowest BCUT2D eigenvalue weighted by atomic mass is 9.97. The van der Waals surface area contributed by atoms with Gasteiger partial charge in [0.05, 0.1) is 12.5 Å². The number of aliphatic hydroxyl groups is 3. The molecule has 15 heavy (non-hydrogen) atoms. The van der Waals surface area contributed by atoms with E-state index in [1.807, 2.05) is 0 Å². The van der Waals surface area contributed by atoms with Crippen molar-refractivity contribution in [3.63, 3.8) is 0 Å². The highest BCUT2D eigenvalue weighted by Gasteiger charge is 2.44. The van der Waals surface area contributed by atoms with Crippen LogP contribution in [0.2, 0.25) is 0 Å². The van der Waals surface area contributed by atoms with Gasteiger partial charge >= 0.3 is 5.97 Å². The monoisotopic (exact) mass is 222 g/mol. The number of carboxylic acids is 1. The molecule has 0 aromatic carbocycles. The smallest absolute Gasteiger partial charge is 0.306 e. The van der Waals surface area contributed by atoms with Crippen LogP contribution >= 0.6 is 0 Å². The van der Waals surface area contributed by atoms with Crippen molar-refractivity contribution in [1.29, 1.82) is 0 Å². The van der Waals surface area contributed by atoms with Gasteiger partial charge in [-0.05, 0) is 0 Å². The van der Waals surface area contributed by atoms with E-state index < -0.39 is 43.1 Å². The van der Waals surface area contributed by atoms with Gasteiger partial charge in [-0.3, -0.25) is 4.79 Å². The zero-order valence-corrected chi connectivity index (χ0v) is 8.11. The van der Waals surface area contributed by atoms with Crippen molar-refractivity contribution in [1.82, 2.24) is 0 Å². The van der Waals surface area contributed by atoms with Gasteiger partial charge in [0.1, 0.15) is 18.3 Å². The Hall–Kier alpha value is -0.730. The summed E-state index contributed by atoms with van der Waals surface area (Å²) in [6, 6.07) is 0. The second-order valence-electron chi connectivity index (χ2n) is 3.35. The quantitative estimate of drug-likeness (QED) is 0.432. The van der Waals surface area contributed by atoms with Gasteiger partial charge in [0, 0.05) is 7.11 Å². The minimum Gasteiger partial charge on any atom is -0.481 e. The number of carboxylic acid groups (broad SMARTS) is 1. The van der Waals surface area contributed by atoms with Crippen molar-refractivity contribution < 1.29 is 34.7 Å². The molecule has 0 aliphatic carbocycles. The molecular formula is C8H14O7. The van der Waals surface area contributed by atoms with Gasteiger partial charge in [0.25, 0.3) is 0 Å². The lowest BCUT2D eigenvalue weighted by molar-refractivity contribution is -0.290. The topological polar surface area (TPSA) is 116 Å². The fraction of sp³-hybridized carbons (Fsp3) is 0.875. The number of aliphatic hydroxyl groups excluding tert-OH is 3. The van der Waals surface area contributed by atoms with E-state index in [1.54, 1.807) is 0 Å². The molecule has 4 N–H and O–H groups in total. The van der Waals surface area contributed by atoms with E-state index in [0.29, 0.717) is 0 Å². The standard InChI is InChI=1S/C8H14O7/c1-14-8-7(13)6(12)5(11)3(15-8)2-4(9)10/h3,5-8,11-13H,2H2,1H3,(H,9,10)/t3-,5-,6+,7+,8+/m1/s1. The van der Waals surface area contributed by atoms with Crippen LogP contribution in [-0.2, 0) is 14.3 Å². The molecule has 1 aliphatic heterocycles. The van der Waals surface area contributed by atoms with Crippen molar-refractivity contribution in [3.05, 3.63) is 0 Å². The molecule has 5 atom stereocenters. The Morgan fingerprint density at radius 3 is 2.33 bits per heavy atom. The fourth-order valence-corrected chi connectivity index (χ4v) is 1.45. The van der Waals surface area contributed by atoms with E-state index in [4.69, 9.17) is 14.6 Å². The first-order valence-corrected chi connectivity index (χ1v) is 4.41. The summed E-state index contributed by atoms with van der Waals surface area (Å²) in [4.78, 5) is 10.4. The normalized spacial score (nSPS) is 41.5. The number of hydrogen-bond donors (Lipinski definition) is 4. The molecule has 0 aromatic rings. The zero-order valence-electron chi connectivity index (χ0n) is 8.11. The molecular weight excluding hydrogens is 208 g/mol. The predicted octanol–water partition coefficient (Wildman–Crippen LogP) is -2.08. The first-order chi connectivity index (χ1) is 6.97. The molecule has 0 aromatic heterocycles. The summed E-state index contributed by atoms with van der Waals surface area (Å²) in [5.74, 6) is -1.17. The summed E-state index contributed by atoms with van der Waals surface area (Å²) < 4.78 is 9.68. The minimum absolute atomic E-state index is 0.467. The third-order valence-corrected chi connectivity index (χ3v) is 2.28. The molecule has 0 radical (unpaired) electrons. The summed E-state index contributed by atoms with van der Waals surface area (Å²) in [6.45, 7) is 0. The maximum absolute atomic E-state index is 10.4. The number of rotatable bonds is 3. The van der Waals surface area contributed by atoms with Crippen LogP contribution in [-0.4, -0.2) is 64.2 Å². The first kappa shape index (κ1) is 12.3.